The molecular formula is C13H15BF3NO2Se. The van der Waals surface area contributed by atoms with Gasteiger partial charge in [0, 0.05) is 0 Å². The van der Waals surface area contributed by atoms with Gasteiger partial charge in [0.2, 0.25) is 0 Å². The molecule has 1 aromatic carbocycles. The maximum atomic E-state index is 12.7. The predicted octanol–water partition coefficient (Wildman–Crippen LogP) is 1.33. The van der Waals surface area contributed by atoms with Gasteiger partial charge in [-0.25, -0.2) is 0 Å². The van der Waals surface area contributed by atoms with Gasteiger partial charge in [0.1, 0.15) is 0 Å². The van der Waals surface area contributed by atoms with Crippen LogP contribution in [0.2, 0.25) is 11.6 Å². The first-order valence-electron chi connectivity index (χ1n) is 6.55. The Morgan fingerprint density at radius 1 is 1.38 bits per heavy atom. The zero-order valence-electron chi connectivity index (χ0n) is 11.4. The van der Waals surface area contributed by atoms with E-state index in [0.717, 1.165) is 9.27 Å². The van der Waals surface area contributed by atoms with E-state index in [1.807, 2.05) is 30.3 Å². The van der Waals surface area contributed by atoms with E-state index in [-0.39, 0.29) is 27.4 Å². The van der Waals surface area contributed by atoms with E-state index >= 15 is 0 Å². The van der Waals surface area contributed by atoms with E-state index in [9.17, 15) is 23.0 Å². The van der Waals surface area contributed by atoms with E-state index < -0.39 is 30.4 Å². The first kappa shape index (κ1) is 16.4. The van der Waals surface area contributed by atoms with Gasteiger partial charge in [0.15, 0.2) is 0 Å². The molecule has 0 radical (unpaired) electrons. The molecule has 1 heterocycles. The molecule has 0 spiro atoms. The zero-order valence-corrected chi connectivity index (χ0v) is 13.1. The van der Waals surface area contributed by atoms with Crippen LogP contribution in [-0.4, -0.2) is 50.5 Å². The fraction of sp³-hybridized carbons (Fsp3) is 0.462. The van der Waals surface area contributed by atoms with Crippen LogP contribution < -0.4 is 4.46 Å². The average Bonchev–Trinajstić information content (AvgIpc) is 2.67. The Morgan fingerprint density at radius 3 is 2.52 bits per heavy atom. The third-order valence-corrected chi connectivity index (χ3v) is 6.24. The van der Waals surface area contributed by atoms with Crippen molar-refractivity contribution >= 4 is 32.4 Å². The average molecular weight is 364 g/mol. The first-order valence-corrected chi connectivity index (χ1v) is 8.39. The van der Waals surface area contributed by atoms with Crippen molar-refractivity contribution in [1.82, 2.24) is 4.81 Å². The van der Waals surface area contributed by atoms with Crippen LogP contribution in [0.15, 0.2) is 30.3 Å². The van der Waals surface area contributed by atoms with Gasteiger partial charge in [-0.15, -0.1) is 0 Å². The van der Waals surface area contributed by atoms with Crippen molar-refractivity contribution in [2.75, 3.05) is 6.54 Å². The number of halogens is 3. The Labute approximate surface area is 127 Å². The predicted molar refractivity (Wildman–Crippen MR) is 75.3 cm³/mol. The topological polar surface area (TPSA) is 40.5 Å². The summed E-state index contributed by atoms with van der Waals surface area (Å²) in [5.74, 6) is -1.16. The number of amides is 1. The van der Waals surface area contributed by atoms with Crippen molar-refractivity contribution in [2.24, 2.45) is 5.92 Å². The van der Waals surface area contributed by atoms with E-state index in [0.29, 0.717) is 0 Å². The fourth-order valence-corrected chi connectivity index (χ4v) is 4.96. The Balaban J connectivity index is 2.18. The molecule has 0 bridgehead atoms. The number of nitrogens with zero attached hydrogens (tertiary/aromatic N) is 1. The number of alkyl halides is 3. The van der Waals surface area contributed by atoms with E-state index in [1.165, 1.54) is 6.82 Å². The number of hydrogen-bond acceptors (Lipinski definition) is 2. The molecule has 8 heteroatoms. The molecule has 1 fully saturated rings. The van der Waals surface area contributed by atoms with Crippen molar-refractivity contribution in [3.63, 3.8) is 0 Å². The van der Waals surface area contributed by atoms with Gasteiger partial charge in [0.05, 0.1) is 0 Å². The van der Waals surface area contributed by atoms with E-state index in [4.69, 9.17) is 0 Å². The van der Waals surface area contributed by atoms with Gasteiger partial charge >= 0.3 is 127 Å². The Bertz CT molecular complexity index is 498. The summed E-state index contributed by atoms with van der Waals surface area (Å²) in [6, 6.07) is 9.08. The van der Waals surface area contributed by atoms with Crippen molar-refractivity contribution in [3.8, 4) is 0 Å². The summed E-state index contributed by atoms with van der Waals surface area (Å²) < 4.78 is 39.0. The molecule has 1 aliphatic heterocycles. The number of hydrogen-bond donors (Lipinski definition) is 1. The molecule has 2 atom stereocenters. The molecule has 1 saturated heterocycles. The summed E-state index contributed by atoms with van der Waals surface area (Å²) in [7, 11) is -1.05. The summed E-state index contributed by atoms with van der Waals surface area (Å²) in [4.78, 5) is 12.7. The number of carbonyl (C=O) groups excluding carboxylic acids is 1. The van der Waals surface area contributed by atoms with Crippen molar-refractivity contribution in [1.29, 1.82) is 0 Å². The van der Waals surface area contributed by atoms with Gasteiger partial charge in [-0.3, -0.25) is 0 Å². The van der Waals surface area contributed by atoms with Crippen LogP contribution in [0.5, 0.6) is 0 Å². The molecule has 1 aliphatic rings. The monoisotopic (exact) mass is 365 g/mol. The van der Waals surface area contributed by atoms with Gasteiger partial charge in [-0.1, -0.05) is 0 Å². The van der Waals surface area contributed by atoms with Gasteiger partial charge < -0.3 is 0 Å². The van der Waals surface area contributed by atoms with Gasteiger partial charge in [0.25, 0.3) is 0 Å². The summed E-state index contributed by atoms with van der Waals surface area (Å²) in [6.45, 7) is 1.37. The Morgan fingerprint density at radius 2 is 2.00 bits per heavy atom. The van der Waals surface area contributed by atoms with E-state index in [2.05, 4.69) is 0 Å². The minimum atomic E-state index is -4.30. The van der Waals surface area contributed by atoms with Crippen molar-refractivity contribution in [3.05, 3.63) is 30.3 Å². The Hall–Kier alpha value is -0.976. The molecule has 1 aromatic rings. The second kappa shape index (κ2) is 6.42. The molecule has 1 amide bonds. The normalized spacial score (nSPS) is 22.7. The first-order chi connectivity index (χ1) is 9.78. The summed E-state index contributed by atoms with van der Waals surface area (Å²) in [5, 5.41) is 9.55. The molecule has 3 nitrogen and oxygen atoms in total. The quantitative estimate of drug-likeness (QED) is 0.820. The SMILES string of the molecule is CB(O)N1C[C@H](CC(F)(F)F)C([Se]c2ccccc2)C1=O. The fourth-order valence-electron chi connectivity index (χ4n) is 2.40. The summed E-state index contributed by atoms with van der Waals surface area (Å²) in [5.41, 5.74) is 0. The molecular weight excluding hydrogens is 349 g/mol. The van der Waals surface area contributed by atoms with E-state index in [1.54, 1.807) is 0 Å². The van der Waals surface area contributed by atoms with Crippen LogP contribution in [0.3, 0.4) is 0 Å². The molecule has 1 N–H and O–H groups in total. The van der Waals surface area contributed by atoms with Crippen LogP contribution in [0, 0.1) is 5.92 Å². The van der Waals surface area contributed by atoms with Crippen molar-refractivity contribution in [2.45, 2.75) is 24.2 Å². The second-order valence-electron chi connectivity index (χ2n) is 5.05. The Kier molecular flexibility index (Phi) is 5.01. The molecule has 21 heavy (non-hydrogen) atoms. The molecule has 0 saturated carbocycles. The molecule has 114 valence electrons. The third-order valence-electron chi connectivity index (χ3n) is 3.34. The van der Waals surface area contributed by atoms with Crippen LogP contribution in [0.25, 0.3) is 0 Å². The van der Waals surface area contributed by atoms with Crippen LogP contribution in [-0.2, 0) is 4.79 Å². The molecule has 2 rings (SSSR count). The zero-order chi connectivity index (χ0) is 15.6. The molecule has 0 aliphatic carbocycles. The van der Waals surface area contributed by atoms with Gasteiger partial charge in [-0.05, 0) is 0 Å². The summed E-state index contributed by atoms with van der Waals surface area (Å²) >= 11 is -0.377. The summed E-state index contributed by atoms with van der Waals surface area (Å²) in [6.07, 6.45) is -5.29. The minimum absolute atomic E-state index is 0.0325. The number of carbonyl (C=O) groups is 1. The van der Waals surface area contributed by atoms with Gasteiger partial charge in [-0.2, -0.15) is 0 Å². The van der Waals surface area contributed by atoms with Crippen LogP contribution in [0.1, 0.15) is 6.42 Å². The maximum absolute atomic E-state index is 12.7. The van der Waals surface area contributed by atoms with Crippen molar-refractivity contribution < 1.29 is 23.0 Å². The van der Waals surface area contributed by atoms with Crippen LogP contribution in [0.4, 0.5) is 13.2 Å². The molecule has 1 unspecified atom stereocenters. The van der Waals surface area contributed by atoms with Crippen LogP contribution >= 0.6 is 0 Å². The third kappa shape index (κ3) is 4.25. The number of rotatable bonds is 4. The number of benzene rings is 1. The standard InChI is InChI=1S/C13H15BF3NO2Se/c1-14(20)18-8-9(7-13(15,16)17)11(12(18)19)21-10-5-3-2-4-6-10/h2-6,9,11,20H,7-8H2,1H3/t9-,11?/m0/s1. The second-order valence-corrected chi connectivity index (χ2v) is 7.60. The molecule has 0 aromatic heterocycles.